The van der Waals surface area contributed by atoms with Crippen molar-refractivity contribution in [3.05, 3.63) is 40.4 Å². The normalized spacial score (nSPS) is 12.6. The van der Waals surface area contributed by atoms with Crippen LogP contribution in [0.25, 0.3) is 10.6 Å². The van der Waals surface area contributed by atoms with E-state index in [4.69, 9.17) is 11.6 Å². The topological polar surface area (TPSA) is 33.1 Å². The minimum absolute atomic E-state index is 0.146. The fourth-order valence-corrected chi connectivity index (χ4v) is 2.66. The lowest BCUT2D eigenvalue weighted by Gasteiger charge is -2.06. The third-order valence-electron chi connectivity index (χ3n) is 2.74. The molecule has 2 nitrogen and oxygen atoms in total. The second-order valence-corrected chi connectivity index (χ2v) is 5.17. The zero-order chi connectivity index (χ0) is 12.3. The Labute approximate surface area is 110 Å². The SMILES string of the molecule is CCC(CO)c1csc(-c2ccc(Cl)cc2)n1. The highest BCUT2D eigenvalue weighted by Gasteiger charge is 2.12. The summed E-state index contributed by atoms with van der Waals surface area (Å²) in [4.78, 5) is 4.57. The predicted molar refractivity (Wildman–Crippen MR) is 72.7 cm³/mol. The highest BCUT2D eigenvalue weighted by molar-refractivity contribution is 7.13. The molecule has 0 fully saturated rings. The second kappa shape index (κ2) is 5.63. The minimum atomic E-state index is 0.146. The first-order valence-electron chi connectivity index (χ1n) is 5.56. The van der Waals surface area contributed by atoms with E-state index in [1.807, 2.05) is 29.6 Å². The number of thiazole rings is 1. The van der Waals surface area contributed by atoms with Crippen molar-refractivity contribution in [2.45, 2.75) is 19.3 Å². The summed E-state index contributed by atoms with van der Waals surface area (Å²) in [6.07, 6.45) is 0.903. The van der Waals surface area contributed by atoms with E-state index < -0.39 is 0 Å². The van der Waals surface area contributed by atoms with Crippen LogP contribution in [0.5, 0.6) is 0 Å². The summed E-state index contributed by atoms with van der Waals surface area (Å²) in [5.41, 5.74) is 2.04. The molecule has 0 aliphatic carbocycles. The number of benzene rings is 1. The first-order chi connectivity index (χ1) is 8.24. The van der Waals surface area contributed by atoms with Gasteiger partial charge < -0.3 is 5.11 Å². The monoisotopic (exact) mass is 267 g/mol. The van der Waals surface area contributed by atoms with Gasteiger partial charge in [0, 0.05) is 21.9 Å². The molecule has 0 radical (unpaired) electrons. The highest BCUT2D eigenvalue weighted by Crippen LogP contribution is 2.28. The summed E-state index contributed by atoms with van der Waals surface area (Å²) >= 11 is 7.45. The number of nitrogens with zero attached hydrogens (tertiary/aromatic N) is 1. The number of aliphatic hydroxyl groups is 1. The summed E-state index contributed by atoms with van der Waals surface area (Å²) in [7, 11) is 0. The Hall–Kier alpha value is -0.900. The summed E-state index contributed by atoms with van der Waals surface area (Å²) in [6, 6.07) is 7.65. The van der Waals surface area contributed by atoms with Gasteiger partial charge in [0.1, 0.15) is 5.01 Å². The molecule has 0 aliphatic rings. The number of aliphatic hydroxyl groups excluding tert-OH is 1. The van der Waals surface area contributed by atoms with Gasteiger partial charge in [-0.05, 0) is 18.6 Å². The largest absolute Gasteiger partial charge is 0.396 e. The second-order valence-electron chi connectivity index (χ2n) is 3.87. The molecule has 0 saturated heterocycles. The molecule has 2 rings (SSSR count). The molecule has 17 heavy (non-hydrogen) atoms. The van der Waals surface area contributed by atoms with E-state index in [-0.39, 0.29) is 12.5 Å². The Balaban J connectivity index is 2.26. The number of rotatable bonds is 4. The van der Waals surface area contributed by atoms with Gasteiger partial charge in [0.15, 0.2) is 0 Å². The van der Waals surface area contributed by atoms with Crippen molar-refractivity contribution in [3.63, 3.8) is 0 Å². The molecule has 0 aliphatic heterocycles. The van der Waals surface area contributed by atoms with Crippen molar-refractivity contribution in [2.75, 3.05) is 6.61 Å². The average Bonchev–Trinajstić information content (AvgIpc) is 2.81. The average molecular weight is 268 g/mol. The third kappa shape index (κ3) is 2.86. The number of hydrogen-bond donors (Lipinski definition) is 1. The minimum Gasteiger partial charge on any atom is -0.396 e. The Morgan fingerprint density at radius 3 is 2.65 bits per heavy atom. The van der Waals surface area contributed by atoms with Gasteiger partial charge in [-0.2, -0.15) is 0 Å². The van der Waals surface area contributed by atoms with Crippen molar-refractivity contribution in [1.82, 2.24) is 4.98 Å². The Bertz CT molecular complexity index is 476. The molecule has 90 valence electrons. The molecule has 1 heterocycles. The molecule has 1 aromatic heterocycles. The van der Waals surface area contributed by atoms with Gasteiger partial charge >= 0.3 is 0 Å². The van der Waals surface area contributed by atoms with Gasteiger partial charge in [-0.15, -0.1) is 11.3 Å². The van der Waals surface area contributed by atoms with E-state index in [1.165, 1.54) is 0 Å². The lowest BCUT2D eigenvalue weighted by molar-refractivity contribution is 0.260. The molecule has 4 heteroatoms. The number of halogens is 1. The maximum atomic E-state index is 9.24. The highest BCUT2D eigenvalue weighted by atomic mass is 35.5. The van der Waals surface area contributed by atoms with E-state index in [9.17, 15) is 5.11 Å². The molecule has 0 amide bonds. The van der Waals surface area contributed by atoms with E-state index in [0.717, 1.165) is 27.7 Å². The predicted octanol–water partition coefficient (Wildman–Crippen LogP) is 3.95. The standard InChI is InChI=1S/C13H14ClNOS/c1-2-9(7-16)12-8-17-13(15-12)10-3-5-11(14)6-4-10/h3-6,8-9,16H,2,7H2,1H3. The van der Waals surface area contributed by atoms with Crippen LogP contribution in [0.4, 0.5) is 0 Å². The smallest absolute Gasteiger partial charge is 0.123 e. The van der Waals surface area contributed by atoms with Crippen molar-refractivity contribution in [3.8, 4) is 10.6 Å². The van der Waals surface area contributed by atoms with Crippen LogP contribution in [0.3, 0.4) is 0 Å². The molecule has 2 aromatic rings. The van der Waals surface area contributed by atoms with E-state index in [0.29, 0.717) is 0 Å². The van der Waals surface area contributed by atoms with E-state index in [1.54, 1.807) is 11.3 Å². The van der Waals surface area contributed by atoms with Crippen LogP contribution in [0.15, 0.2) is 29.6 Å². The Kier molecular flexibility index (Phi) is 4.15. The third-order valence-corrected chi connectivity index (χ3v) is 3.91. The molecule has 0 spiro atoms. The van der Waals surface area contributed by atoms with Crippen LogP contribution in [0.1, 0.15) is 25.0 Å². The maximum Gasteiger partial charge on any atom is 0.123 e. The van der Waals surface area contributed by atoms with Gasteiger partial charge in [-0.25, -0.2) is 4.98 Å². The number of hydrogen-bond acceptors (Lipinski definition) is 3. The van der Waals surface area contributed by atoms with Crippen molar-refractivity contribution in [2.24, 2.45) is 0 Å². The van der Waals surface area contributed by atoms with E-state index >= 15 is 0 Å². The molecule has 1 aromatic carbocycles. The van der Waals surface area contributed by atoms with Crippen LogP contribution < -0.4 is 0 Å². The van der Waals surface area contributed by atoms with Gasteiger partial charge in [0.25, 0.3) is 0 Å². The van der Waals surface area contributed by atoms with Gasteiger partial charge in [0.05, 0.1) is 12.3 Å². The van der Waals surface area contributed by atoms with Crippen molar-refractivity contribution >= 4 is 22.9 Å². The quantitative estimate of drug-likeness (QED) is 0.910. The molecule has 1 unspecified atom stereocenters. The lowest BCUT2D eigenvalue weighted by atomic mass is 10.1. The summed E-state index contributed by atoms with van der Waals surface area (Å²) < 4.78 is 0. The first kappa shape index (κ1) is 12.6. The first-order valence-corrected chi connectivity index (χ1v) is 6.82. The molecule has 0 saturated carbocycles. The molecular formula is C13H14ClNOS. The van der Waals surface area contributed by atoms with Crippen LogP contribution >= 0.6 is 22.9 Å². The van der Waals surface area contributed by atoms with Crippen LogP contribution in [0, 0.1) is 0 Å². The zero-order valence-electron chi connectivity index (χ0n) is 9.56. The van der Waals surface area contributed by atoms with Crippen LogP contribution in [0.2, 0.25) is 5.02 Å². The van der Waals surface area contributed by atoms with E-state index in [2.05, 4.69) is 11.9 Å². The molecule has 0 bridgehead atoms. The van der Waals surface area contributed by atoms with Crippen molar-refractivity contribution < 1.29 is 5.11 Å². The van der Waals surface area contributed by atoms with Crippen LogP contribution in [-0.2, 0) is 0 Å². The Morgan fingerprint density at radius 2 is 2.06 bits per heavy atom. The molecular weight excluding hydrogens is 254 g/mol. The summed E-state index contributed by atoms with van der Waals surface area (Å²) in [6.45, 7) is 2.21. The van der Waals surface area contributed by atoms with Gasteiger partial charge in [0.2, 0.25) is 0 Å². The summed E-state index contributed by atoms with van der Waals surface area (Å²) in [5, 5.41) is 13.0. The summed E-state index contributed by atoms with van der Waals surface area (Å²) in [5.74, 6) is 0.146. The zero-order valence-corrected chi connectivity index (χ0v) is 11.1. The van der Waals surface area contributed by atoms with Gasteiger partial charge in [-0.3, -0.25) is 0 Å². The van der Waals surface area contributed by atoms with Crippen LogP contribution in [-0.4, -0.2) is 16.7 Å². The number of aromatic nitrogens is 1. The van der Waals surface area contributed by atoms with Gasteiger partial charge in [-0.1, -0.05) is 30.7 Å². The van der Waals surface area contributed by atoms with Crippen molar-refractivity contribution in [1.29, 1.82) is 0 Å². The molecule has 1 atom stereocenters. The maximum absolute atomic E-state index is 9.24. The Morgan fingerprint density at radius 1 is 1.35 bits per heavy atom. The fourth-order valence-electron chi connectivity index (χ4n) is 1.63. The lowest BCUT2D eigenvalue weighted by Crippen LogP contribution is -2.02. The molecule has 1 N–H and O–H groups in total. The fraction of sp³-hybridized carbons (Fsp3) is 0.308.